The molecule has 0 atom stereocenters. The Labute approximate surface area is 176 Å². The van der Waals surface area contributed by atoms with Crippen LogP contribution in [-0.4, -0.2) is 28.0 Å². The lowest BCUT2D eigenvalue weighted by atomic mass is 10.0. The molecule has 1 aliphatic heterocycles. The molecule has 6 nitrogen and oxygen atoms in total. The van der Waals surface area contributed by atoms with Crippen LogP contribution < -0.4 is 10.6 Å². The van der Waals surface area contributed by atoms with Gasteiger partial charge in [-0.2, -0.15) is 5.10 Å². The summed E-state index contributed by atoms with van der Waals surface area (Å²) in [7, 11) is 0. The Balaban J connectivity index is 1.32. The summed E-state index contributed by atoms with van der Waals surface area (Å²) >= 11 is 0. The van der Waals surface area contributed by atoms with Crippen LogP contribution >= 0.6 is 0 Å². The molecule has 0 fully saturated rings. The van der Waals surface area contributed by atoms with Gasteiger partial charge >= 0.3 is 0 Å². The number of nitrogens with two attached hydrogens (primary N) is 1. The summed E-state index contributed by atoms with van der Waals surface area (Å²) in [5.74, 6) is 0.905. The van der Waals surface area contributed by atoms with E-state index in [0.717, 1.165) is 46.9 Å². The molecule has 0 unspecified atom stereocenters. The maximum Gasteiger partial charge on any atom is 0.228 e. The molecule has 154 valence electrons. The number of amides is 1. The van der Waals surface area contributed by atoms with Crippen LogP contribution in [0, 0.1) is 6.92 Å². The standard InChI is InChI=1S/C24H26N4O2/c1-17-15-23-27(13-2-14-28(23)26-17)24(30)12-11-22(29)16-18-3-5-19(6-4-18)20-7-9-21(25)10-8-20/h3-10,15H,2,11-14,16,25H2,1H3. The zero-order valence-electron chi connectivity index (χ0n) is 17.2. The van der Waals surface area contributed by atoms with E-state index in [1.165, 1.54) is 0 Å². The van der Waals surface area contributed by atoms with Crippen LogP contribution in [0.5, 0.6) is 0 Å². The lowest BCUT2D eigenvalue weighted by molar-refractivity contribution is -0.123. The molecule has 1 aromatic heterocycles. The molecule has 4 rings (SSSR count). The highest BCUT2D eigenvalue weighted by Crippen LogP contribution is 2.23. The van der Waals surface area contributed by atoms with Gasteiger partial charge in [0.25, 0.3) is 0 Å². The number of carbonyl (C=O) groups excluding carboxylic acids is 2. The van der Waals surface area contributed by atoms with E-state index in [9.17, 15) is 9.59 Å². The molecule has 30 heavy (non-hydrogen) atoms. The van der Waals surface area contributed by atoms with Gasteiger partial charge in [-0.05, 0) is 42.2 Å². The molecular formula is C24H26N4O2. The zero-order valence-corrected chi connectivity index (χ0v) is 17.2. The van der Waals surface area contributed by atoms with Crippen molar-refractivity contribution in [2.45, 2.75) is 39.2 Å². The minimum Gasteiger partial charge on any atom is -0.399 e. The van der Waals surface area contributed by atoms with Gasteiger partial charge in [0.2, 0.25) is 5.91 Å². The smallest absolute Gasteiger partial charge is 0.228 e. The molecule has 0 aliphatic carbocycles. The molecule has 2 N–H and O–H groups in total. The van der Waals surface area contributed by atoms with Gasteiger partial charge in [0.15, 0.2) is 0 Å². The predicted molar refractivity (Wildman–Crippen MR) is 118 cm³/mol. The van der Waals surface area contributed by atoms with Crippen molar-refractivity contribution in [2.24, 2.45) is 0 Å². The molecule has 0 bridgehead atoms. The van der Waals surface area contributed by atoms with Crippen molar-refractivity contribution >= 4 is 23.2 Å². The average Bonchev–Trinajstić information content (AvgIpc) is 3.13. The number of fused-ring (bicyclic) bond motifs is 1. The quantitative estimate of drug-likeness (QED) is 0.637. The van der Waals surface area contributed by atoms with Crippen LogP contribution in [0.1, 0.15) is 30.5 Å². The minimum absolute atomic E-state index is 0.0112. The highest BCUT2D eigenvalue weighted by molar-refractivity contribution is 5.95. The third-order valence-corrected chi connectivity index (χ3v) is 5.43. The maximum atomic E-state index is 12.7. The van der Waals surface area contributed by atoms with Gasteiger partial charge in [-0.3, -0.25) is 14.5 Å². The Morgan fingerprint density at radius 2 is 1.63 bits per heavy atom. The number of nitrogens with zero attached hydrogens (tertiary/aromatic N) is 3. The van der Waals surface area contributed by atoms with Crippen molar-refractivity contribution in [1.82, 2.24) is 9.78 Å². The number of anilines is 2. The van der Waals surface area contributed by atoms with E-state index in [1.54, 1.807) is 4.90 Å². The van der Waals surface area contributed by atoms with Crippen molar-refractivity contribution < 1.29 is 9.59 Å². The van der Waals surface area contributed by atoms with Gasteiger partial charge in [-0.1, -0.05) is 36.4 Å². The normalized spacial score (nSPS) is 13.2. The van der Waals surface area contributed by atoms with Gasteiger partial charge in [0.05, 0.1) is 5.69 Å². The Bertz CT molecular complexity index is 1050. The van der Waals surface area contributed by atoms with Crippen LogP contribution in [0.25, 0.3) is 11.1 Å². The third-order valence-electron chi connectivity index (χ3n) is 5.43. The Hall–Kier alpha value is -3.41. The number of aryl methyl sites for hydroxylation is 2. The zero-order chi connectivity index (χ0) is 21.1. The average molecular weight is 402 g/mol. The largest absolute Gasteiger partial charge is 0.399 e. The topological polar surface area (TPSA) is 81.2 Å². The molecule has 0 saturated heterocycles. The number of rotatable bonds is 6. The number of ketones is 1. The van der Waals surface area contributed by atoms with Crippen molar-refractivity contribution in [3.63, 3.8) is 0 Å². The number of Topliss-reactive ketones (excluding diaryl/α,β-unsaturated/α-hetero) is 1. The lowest BCUT2D eigenvalue weighted by Crippen LogP contribution is -2.37. The second-order valence-corrected chi connectivity index (χ2v) is 7.80. The van der Waals surface area contributed by atoms with Gasteiger partial charge < -0.3 is 5.73 Å². The Morgan fingerprint density at radius 3 is 2.33 bits per heavy atom. The van der Waals surface area contributed by atoms with Crippen molar-refractivity contribution in [3.05, 3.63) is 65.9 Å². The summed E-state index contributed by atoms with van der Waals surface area (Å²) < 4.78 is 1.88. The molecular weight excluding hydrogens is 376 g/mol. The summed E-state index contributed by atoms with van der Waals surface area (Å²) in [4.78, 5) is 26.9. The first-order valence-electron chi connectivity index (χ1n) is 10.3. The first-order chi connectivity index (χ1) is 14.5. The Kier molecular flexibility index (Phi) is 5.65. The lowest BCUT2D eigenvalue weighted by Gasteiger charge is -2.27. The van der Waals surface area contributed by atoms with E-state index < -0.39 is 0 Å². The molecule has 2 aromatic carbocycles. The summed E-state index contributed by atoms with van der Waals surface area (Å²) in [6.07, 6.45) is 1.70. The van der Waals surface area contributed by atoms with E-state index >= 15 is 0 Å². The molecule has 1 amide bonds. The van der Waals surface area contributed by atoms with Crippen LogP contribution in [0.2, 0.25) is 0 Å². The van der Waals surface area contributed by atoms with E-state index in [1.807, 2.05) is 66.2 Å². The third kappa shape index (κ3) is 4.43. The summed E-state index contributed by atoms with van der Waals surface area (Å²) in [6.45, 7) is 3.44. The van der Waals surface area contributed by atoms with Crippen molar-refractivity contribution in [2.75, 3.05) is 17.2 Å². The van der Waals surface area contributed by atoms with Crippen LogP contribution in [0.15, 0.2) is 54.6 Å². The van der Waals surface area contributed by atoms with Crippen LogP contribution in [-0.2, 0) is 22.6 Å². The number of carbonyl (C=O) groups is 2. The monoisotopic (exact) mass is 402 g/mol. The SMILES string of the molecule is Cc1cc2n(n1)CCCN2C(=O)CCC(=O)Cc1ccc(-c2ccc(N)cc2)cc1. The number of hydrogen-bond donors (Lipinski definition) is 1. The van der Waals surface area contributed by atoms with Gasteiger partial charge in [-0.25, -0.2) is 4.68 Å². The van der Waals surface area contributed by atoms with Crippen LogP contribution in [0.3, 0.4) is 0 Å². The molecule has 0 radical (unpaired) electrons. The summed E-state index contributed by atoms with van der Waals surface area (Å²) in [5, 5.41) is 4.42. The first-order valence-corrected chi connectivity index (χ1v) is 10.3. The molecule has 3 aromatic rings. The number of hydrogen-bond acceptors (Lipinski definition) is 4. The van der Waals surface area contributed by atoms with Gasteiger partial charge in [-0.15, -0.1) is 0 Å². The fourth-order valence-corrected chi connectivity index (χ4v) is 3.85. The predicted octanol–water partition coefficient (Wildman–Crippen LogP) is 3.77. The first kappa shape index (κ1) is 19.9. The molecule has 0 spiro atoms. The summed E-state index contributed by atoms with van der Waals surface area (Å²) in [6, 6.07) is 17.6. The van der Waals surface area contributed by atoms with Gasteiger partial charge in [0.1, 0.15) is 11.6 Å². The van der Waals surface area contributed by atoms with Gasteiger partial charge in [0, 0.05) is 44.1 Å². The van der Waals surface area contributed by atoms with E-state index in [-0.39, 0.29) is 24.5 Å². The molecule has 1 aliphatic rings. The van der Waals surface area contributed by atoms with Crippen molar-refractivity contribution in [3.8, 4) is 11.1 Å². The molecule has 2 heterocycles. The fraction of sp³-hybridized carbons (Fsp3) is 0.292. The second-order valence-electron chi connectivity index (χ2n) is 7.80. The second kappa shape index (κ2) is 8.53. The van der Waals surface area contributed by atoms with E-state index in [4.69, 9.17) is 5.73 Å². The highest BCUT2D eigenvalue weighted by atomic mass is 16.2. The summed E-state index contributed by atoms with van der Waals surface area (Å²) in [5.41, 5.74) is 10.5. The van der Waals surface area contributed by atoms with Crippen LogP contribution in [0.4, 0.5) is 11.5 Å². The highest BCUT2D eigenvalue weighted by Gasteiger charge is 2.24. The number of nitrogen functional groups attached to an aromatic ring is 1. The van der Waals surface area contributed by atoms with E-state index in [0.29, 0.717) is 13.0 Å². The Morgan fingerprint density at radius 1 is 0.967 bits per heavy atom. The number of benzene rings is 2. The molecule has 6 heteroatoms. The minimum atomic E-state index is -0.0112. The van der Waals surface area contributed by atoms with Crippen molar-refractivity contribution in [1.29, 1.82) is 0 Å². The number of aromatic nitrogens is 2. The van der Waals surface area contributed by atoms with E-state index in [2.05, 4.69) is 5.10 Å². The molecule has 0 saturated carbocycles. The fourth-order valence-electron chi connectivity index (χ4n) is 3.85. The maximum absolute atomic E-state index is 12.7.